The Hall–Kier alpha value is -2.81. The molecule has 28 heavy (non-hydrogen) atoms. The molecule has 0 unspecified atom stereocenters. The van der Waals surface area contributed by atoms with Gasteiger partial charge in [0.1, 0.15) is 12.1 Å². The summed E-state index contributed by atoms with van der Waals surface area (Å²) >= 11 is 0. The van der Waals surface area contributed by atoms with E-state index < -0.39 is 5.54 Å². The molecule has 1 aliphatic rings. The summed E-state index contributed by atoms with van der Waals surface area (Å²) in [6, 6.07) is 6.88. The van der Waals surface area contributed by atoms with Gasteiger partial charge in [0.05, 0.1) is 17.9 Å². The number of tetrazole rings is 1. The van der Waals surface area contributed by atoms with Crippen LogP contribution in [0, 0.1) is 0 Å². The summed E-state index contributed by atoms with van der Waals surface area (Å²) in [5.74, 6) is 0.0127. The second-order valence-corrected chi connectivity index (χ2v) is 6.81. The molecule has 1 aromatic heterocycles. The predicted molar refractivity (Wildman–Crippen MR) is 99.9 cm³/mol. The van der Waals surface area contributed by atoms with Crippen molar-refractivity contribution in [3.05, 3.63) is 35.7 Å². The molecule has 1 N–H and O–H groups in total. The zero-order valence-corrected chi connectivity index (χ0v) is 16.2. The highest BCUT2D eigenvalue weighted by Crippen LogP contribution is 2.36. The van der Waals surface area contributed by atoms with Gasteiger partial charge in [0.2, 0.25) is 5.91 Å². The van der Waals surface area contributed by atoms with Crippen LogP contribution in [0.2, 0.25) is 0 Å². The zero-order chi connectivity index (χ0) is 20.0. The van der Waals surface area contributed by atoms with Gasteiger partial charge >= 0.3 is 5.97 Å². The van der Waals surface area contributed by atoms with Crippen molar-refractivity contribution in [3.63, 3.8) is 0 Å². The van der Waals surface area contributed by atoms with E-state index in [2.05, 4.69) is 20.8 Å². The predicted octanol–water partition coefficient (Wildman–Crippen LogP) is 1.76. The normalized spacial score (nSPS) is 15.8. The van der Waals surface area contributed by atoms with Gasteiger partial charge in [0.25, 0.3) is 0 Å². The first-order chi connectivity index (χ1) is 13.6. The Balaban J connectivity index is 1.92. The van der Waals surface area contributed by atoms with Gasteiger partial charge < -0.3 is 14.8 Å². The number of nitrogens with one attached hydrogen (secondary N) is 1. The van der Waals surface area contributed by atoms with Crippen LogP contribution in [0.4, 0.5) is 0 Å². The number of esters is 1. The quantitative estimate of drug-likeness (QED) is 0.721. The van der Waals surface area contributed by atoms with E-state index in [0.29, 0.717) is 23.7 Å². The van der Waals surface area contributed by atoms with E-state index in [1.165, 1.54) is 7.11 Å². The minimum atomic E-state index is -0.642. The van der Waals surface area contributed by atoms with Crippen LogP contribution in [-0.2, 0) is 19.8 Å². The lowest BCUT2D eigenvalue weighted by Gasteiger charge is -2.36. The summed E-state index contributed by atoms with van der Waals surface area (Å²) in [5, 5.41) is 15.3. The molecular formula is C19H25N5O4. The molecule has 1 saturated carbocycles. The molecule has 0 radical (unpaired) electrons. The minimum absolute atomic E-state index is 0.0163. The maximum absolute atomic E-state index is 12.3. The van der Waals surface area contributed by atoms with Crippen LogP contribution in [0.25, 0.3) is 5.69 Å². The van der Waals surface area contributed by atoms with E-state index in [9.17, 15) is 9.59 Å². The lowest BCUT2D eigenvalue weighted by molar-refractivity contribution is -0.127. The molecule has 1 amide bonds. The standard InChI is InChI=1S/C19H25N5O4/c1-3-28-17(26)14-7-9-15(10-8-14)24-18(21-22-23-24)19(11-5-4-6-12-19)20-16(25)13-27-2/h7-10H,3-6,11-13H2,1-2H3,(H,20,25). The summed E-state index contributed by atoms with van der Waals surface area (Å²) in [6.07, 6.45) is 4.56. The molecule has 9 nitrogen and oxygen atoms in total. The molecule has 0 atom stereocenters. The van der Waals surface area contributed by atoms with Crippen molar-refractivity contribution in [2.24, 2.45) is 0 Å². The first-order valence-electron chi connectivity index (χ1n) is 9.46. The van der Waals surface area contributed by atoms with E-state index in [1.54, 1.807) is 35.9 Å². The summed E-state index contributed by atoms with van der Waals surface area (Å²) in [6.45, 7) is 2.07. The monoisotopic (exact) mass is 387 g/mol. The number of hydrogen-bond donors (Lipinski definition) is 1. The third-order valence-electron chi connectivity index (χ3n) is 4.88. The molecule has 1 heterocycles. The first-order valence-corrected chi connectivity index (χ1v) is 9.46. The molecule has 1 fully saturated rings. The van der Waals surface area contributed by atoms with Gasteiger partial charge in [-0.05, 0) is 54.5 Å². The third kappa shape index (κ3) is 4.19. The minimum Gasteiger partial charge on any atom is -0.462 e. The molecule has 0 aliphatic heterocycles. The topological polar surface area (TPSA) is 108 Å². The largest absolute Gasteiger partial charge is 0.462 e. The Kier molecular flexibility index (Phi) is 6.35. The highest BCUT2D eigenvalue weighted by atomic mass is 16.5. The van der Waals surface area contributed by atoms with Crippen molar-refractivity contribution < 1.29 is 19.1 Å². The van der Waals surface area contributed by atoms with Crippen LogP contribution in [0.15, 0.2) is 24.3 Å². The molecule has 0 saturated heterocycles. The Morgan fingerprint density at radius 2 is 1.89 bits per heavy atom. The van der Waals surface area contributed by atoms with Gasteiger partial charge in [-0.25, -0.2) is 4.79 Å². The Morgan fingerprint density at radius 3 is 2.54 bits per heavy atom. The van der Waals surface area contributed by atoms with E-state index in [0.717, 1.165) is 32.1 Å². The molecule has 0 spiro atoms. The second kappa shape index (κ2) is 8.92. The smallest absolute Gasteiger partial charge is 0.338 e. The number of benzene rings is 1. The molecule has 1 aromatic carbocycles. The highest BCUT2D eigenvalue weighted by molar-refractivity contribution is 5.89. The Morgan fingerprint density at radius 1 is 1.18 bits per heavy atom. The number of methoxy groups -OCH3 is 1. The average molecular weight is 387 g/mol. The number of hydrogen-bond acceptors (Lipinski definition) is 7. The summed E-state index contributed by atoms with van der Waals surface area (Å²) < 4.78 is 11.6. The zero-order valence-electron chi connectivity index (χ0n) is 16.2. The van der Waals surface area contributed by atoms with E-state index in [4.69, 9.17) is 9.47 Å². The lowest BCUT2D eigenvalue weighted by atomic mass is 9.80. The van der Waals surface area contributed by atoms with Crippen LogP contribution in [0.3, 0.4) is 0 Å². The van der Waals surface area contributed by atoms with Crippen molar-refractivity contribution in [3.8, 4) is 5.69 Å². The summed E-state index contributed by atoms with van der Waals surface area (Å²) in [4.78, 5) is 24.1. The number of nitrogens with zero attached hydrogens (tertiary/aromatic N) is 4. The van der Waals surface area contributed by atoms with Gasteiger partial charge in [0.15, 0.2) is 5.82 Å². The van der Waals surface area contributed by atoms with Gasteiger partial charge in [-0.15, -0.1) is 5.10 Å². The van der Waals surface area contributed by atoms with Gasteiger partial charge in [0, 0.05) is 7.11 Å². The molecule has 1 aliphatic carbocycles. The van der Waals surface area contributed by atoms with Crippen molar-refractivity contribution in [2.45, 2.75) is 44.6 Å². The molecule has 150 valence electrons. The number of amides is 1. The van der Waals surface area contributed by atoms with E-state index >= 15 is 0 Å². The molecular weight excluding hydrogens is 362 g/mol. The van der Waals surface area contributed by atoms with Gasteiger partial charge in [-0.1, -0.05) is 19.3 Å². The molecule has 2 aromatic rings. The fourth-order valence-corrected chi connectivity index (χ4v) is 3.61. The maximum Gasteiger partial charge on any atom is 0.338 e. The van der Waals surface area contributed by atoms with E-state index in [-0.39, 0.29) is 18.5 Å². The van der Waals surface area contributed by atoms with Crippen LogP contribution < -0.4 is 5.32 Å². The number of carbonyl (C=O) groups excluding carboxylic acids is 2. The van der Waals surface area contributed by atoms with Gasteiger partial charge in [-0.3, -0.25) is 4.79 Å². The highest BCUT2D eigenvalue weighted by Gasteiger charge is 2.40. The molecule has 0 bridgehead atoms. The summed E-state index contributed by atoms with van der Waals surface area (Å²) in [7, 11) is 1.49. The van der Waals surface area contributed by atoms with E-state index in [1.807, 2.05) is 0 Å². The van der Waals surface area contributed by atoms with Gasteiger partial charge in [-0.2, -0.15) is 4.68 Å². The number of rotatable bonds is 7. The lowest BCUT2D eigenvalue weighted by Crippen LogP contribution is -2.50. The SMILES string of the molecule is CCOC(=O)c1ccc(-n2nnnc2C2(NC(=O)COC)CCCCC2)cc1. The molecule has 3 rings (SSSR count). The van der Waals surface area contributed by atoms with Crippen LogP contribution in [-0.4, -0.2) is 52.4 Å². The van der Waals surface area contributed by atoms with Crippen LogP contribution in [0.5, 0.6) is 0 Å². The average Bonchev–Trinajstić information content (AvgIpc) is 3.20. The second-order valence-electron chi connectivity index (χ2n) is 6.81. The van der Waals surface area contributed by atoms with Crippen molar-refractivity contribution in [1.82, 2.24) is 25.5 Å². The fourth-order valence-electron chi connectivity index (χ4n) is 3.61. The maximum atomic E-state index is 12.3. The number of aromatic nitrogens is 4. The Labute approximate surface area is 163 Å². The third-order valence-corrected chi connectivity index (χ3v) is 4.88. The van der Waals surface area contributed by atoms with Crippen LogP contribution in [0.1, 0.15) is 55.2 Å². The van der Waals surface area contributed by atoms with Crippen LogP contribution >= 0.6 is 0 Å². The number of ether oxygens (including phenoxy) is 2. The number of carbonyl (C=O) groups is 2. The van der Waals surface area contributed by atoms with Crippen molar-refractivity contribution in [2.75, 3.05) is 20.3 Å². The van der Waals surface area contributed by atoms with Crippen molar-refractivity contribution >= 4 is 11.9 Å². The summed E-state index contributed by atoms with van der Waals surface area (Å²) in [5.41, 5.74) is 0.525. The molecule has 9 heteroatoms. The Bertz CT molecular complexity index is 812. The van der Waals surface area contributed by atoms with Crippen molar-refractivity contribution in [1.29, 1.82) is 0 Å². The first kappa shape index (κ1) is 19.9. The fraction of sp³-hybridized carbons (Fsp3) is 0.526.